The van der Waals surface area contributed by atoms with Crippen molar-refractivity contribution in [2.24, 2.45) is 0 Å². The smallest absolute Gasteiger partial charge is 0.362 e. The minimum atomic E-state index is -4.35. The number of benzene rings is 1. The Morgan fingerprint density at radius 3 is 2.10 bits per heavy atom. The van der Waals surface area contributed by atoms with Gasteiger partial charge in [-0.25, -0.2) is 4.57 Å². The number of alkyl halides is 1. The van der Waals surface area contributed by atoms with Crippen LogP contribution in [0.5, 0.6) is 0 Å². The molecular formula is C22H36BrN4O12PS. The zero-order valence-electron chi connectivity index (χ0n) is 24.7. The number of non-ortho nitro benzene ring substituents is 1. The highest BCUT2D eigenvalue weighted by molar-refractivity contribution is 9.09. The van der Waals surface area contributed by atoms with E-state index in [1.807, 2.05) is 0 Å². The maximum absolute atomic E-state index is 13.3. The van der Waals surface area contributed by atoms with Crippen LogP contribution in [0.4, 0.5) is 17.1 Å². The fourth-order valence-corrected chi connectivity index (χ4v) is 5.71. The standard InChI is InChI=1S/C22H36BrN4O12PS/c1-21(2,3)38-40(33,39-22(4,5)6)36-12-9-24-20(28)17-14-16(26(29)30)15-18(27(31)32)19(17)25(10-8-23)11-13-37-41(7,34)35/h14-15H,8-13H2,1-7H3,(H,24,28)/i12T. The second-order valence-electron chi connectivity index (χ2n) is 10.4. The van der Waals surface area contributed by atoms with Crippen LogP contribution < -0.4 is 10.2 Å². The van der Waals surface area contributed by atoms with Crippen molar-refractivity contribution in [2.75, 3.05) is 49.3 Å². The van der Waals surface area contributed by atoms with Crippen LogP contribution in [-0.4, -0.2) is 79.8 Å². The topological polar surface area (TPSA) is 207 Å². The number of carbonyl (C=O) groups is 1. The predicted molar refractivity (Wildman–Crippen MR) is 154 cm³/mol. The van der Waals surface area contributed by atoms with Gasteiger partial charge in [0.2, 0.25) is 0 Å². The summed E-state index contributed by atoms with van der Waals surface area (Å²) in [4.78, 5) is 36.2. The number of phosphoric acid groups is 1. The van der Waals surface area contributed by atoms with Gasteiger partial charge in [-0.3, -0.25) is 42.8 Å². The number of phosphoric ester groups is 1. The van der Waals surface area contributed by atoms with Crippen molar-refractivity contribution in [3.8, 4) is 0 Å². The molecule has 1 amide bonds. The molecule has 0 aliphatic carbocycles. The molecule has 1 atom stereocenters. The van der Waals surface area contributed by atoms with Gasteiger partial charge in [-0.05, 0) is 41.5 Å². The Balaban J connectivity index is 3.44. The Bertz CT molecular complexity index is 1280. The summed E-state index contributed by atoms with van der Waals surface area (Å²) in [7, 11) is -8.21. The molecule has 0 bridgehead atoms. The van der Waals surface area contributed by atoms with Crippen molar-refractivity contribution in [1.29, 1.82) is 0 Å². The molecule has 0 heterocycles. The number of nitrogens with one attached hydrogen (secondary N) is 1. The Hall–Kier alpha value is -2.21. The predicted octanol–water partition coefficient (Wildman–Crippen LogP) is 4.17. The van der Waals surface area contributed by atoms with E-state index in [-0.39, 0.29) is 24.1 Å². The summed E-state index contributed by atoms with van der Waals surface area (Å²) in [6, 6.07) is 1.48. The van der Waals surface area contributed by atoms with Crippen LogP contribution >= 0.6 is 23.8 Å². The maximum Gasteiger partial charge on any atom is 0.475 e. The van der Waals surface area contributed by atoms with Crippen LogP contribution in [0.25, 0.3) is 0 Å². The van der Waals surface area contributed by atoms with Crippen LogP contribution in [0, 0.1) is 20.2 Å². The molecule has 0 saturated heterocycles. The first-order valence-corrected chi connectivity index (χ1v) is 16.4. The summed E-state index contributed by atoms with van der Waals surface area (Å²) in [6.45, 7) is 6.50. The van der Waals surface area contributed by atoms with Crippen LogP contribution in [0.3, 0.4) is 0 Å². The van der Waals surface area contributed by atoms with E-state index in [0.717, 1.165) is 12.3 Å². The minimum absolute atomic E-state index is 0.00764. The Morgan fingerprint density at radius 1 is 1.10 bits per heavy atom. The molecule has 0 fully saturated rings. The highest BCUT2D eigenvalue weighted by atomic mass is 79.9. The van der Waals surface area contributed by atoms with Crippen molar-refractivity contribution in [3.05, 3.63) is 37.9 Å². The van der Waals surface area contributed by atoms with Gasteiger partial charge in [0.05, 0.1) is 53.5 Å². The average Bonchev–Trinajstić information content (AvgIpc) is 2.77. The number of rotatable bonds is 16. The second-order valence-corrected chi connectivity index (χ2v) is 14.3. The van der Waals surface area contributed by atoms with E-state index in [1.165, 1.54) is 4.90 Å². The molecule has 19 heteroatoms. The summed E-state index contributed by atoms with van der Waals surface area (Å²) < 4.78 is 65.2. The number of anilines is 1. The Kier molecular flexibility index (Phi) is 12.6. The van der Waals surface area contributed by atoms with Crippen molar-refractivity contribution < 1.29 is 46.7 Å². The number of nitro groups is 2. The fourth-order valence-electron chi connectivity index (χ4n) is 3.18. The monoisotopic (exact) mass is 692 g/mol. The summed E-state index contributed by atoms with van der Waals surface area (Å²) >= 11 is 3.19. The quantitative estimate of drug-likeness (QED) is 0.0849. The molecule has 0 aliphatic heterocycles. The van der Waals surface area contributed by atoms with Crippen molar-refractivity contribution in [3.63, 3.8) is 0 Å². The van der Waals surface area contributed by atoms with Gasteiger partial charge in [0.15, 0.2) is 0 Å². The van der Waals surface area contributed by atoms with Gasteiger partial charge < -0.3 is 10.2 Å². The molecule has 41 heavy (non-hydrogen) atoms. The number of nitrogens with zero attached hydrogens (tertiary/aromatic N) is 3. The van der Waals surface area contributed by atoms with Crippen LogP contribution in [-0.2, 0) is 32.4 Å². The minimum Gasteiger partial charge on any atom is -0.362 e. The molecule has 0 radical (unpaired) electrons. The molecule has 0 spiro atoms. The van der Waals surface area contributed by atoms with Crippen molar-refractivity contribution in [2.45, 2.75) is 52.7 Å². The lowest BCUT2D eigenvalue weighted by Gasteiger charge is -2.30. The highest BCUT2D eigenvalue weighted by Crippen LogP contribution is 2.55. The number of hydrogen-bond donors (Lipinski definition) is 1. The van der Waals surface area contributed by atoms with Crippen LogP contribution in [0.15, 0.2) is 12.1 Å². The molecule has 1 aromatic carbocycles. The first-order chi connectivity index (χ1) is 19.0. The molecular weight excluding hydrogens is 655 g/mol. The first-order valence-electron chi connectivity index (χ1n) is 12.6. The first kappa shape index (κ1) is 35.0. The van der Waals surface area contributed by atoms with Crippen LogP contribution in [0.1, 0.15) is 53.3 Å². The third-order valence-corrected chi connectivity index (χ3v) is 7.28. The average molecular weight is 693 g/mol. The largest absolute Gasteiger partial charge is 0.475 e. The summed E-state index contributed by atoms with van der Waals surface area (Å²) in [5.41, 5.74) is -4.42. The molecule has 1 aromatic rings. The van der Waals surface area contributed by atoms with E-state index >= 15 is 0 Å². The summed E-state index contributed by atoms with van der Waals surface area (Å²) in [6.07, 6.45) is 0.812. The van der Waals surface area contributed by atoms with Crippen molar-refractivity contribution in [1.82, 2.24) is 5.32 Å². The normalized spacial score (nSPS) is 13.8. The Morgan fingerprint density at radius 2 is 1.66 bits per heavy atom. The molecule has 1 rings (SSSR count). The number of halogens is 1. The van der Waals surface area contributed by atoms with E-state index in [0.29, 0.717) is 6.07 Å². The van der Waals surface area contributed by atoms with Gasteiger partial charge in [0, 0.05) is 31.0 Å². The lowest BCUT2D eigenvalue weighted by atomic mass is 10.1. The Labute approximate surface area is 248 Å². The lowest BCUT2D eigenvalue weighted by Crippen LogP contribution is -2.34. The van der Waals surface area contributed by atoms with Gasteiger partial charge >= 0.3 is 7.82 Å². The second kappa shape index (κ2) is 14.8. The summed E-state index contributed by atoms with van der Waals surface area (Å²) in [5, 5.41) is 26.0. The number of nitro benzene ring substituents is 2. The molecule has 1 N–H and O–H groups in total. The summed E-state index contributed by atoms with van der Waals surface area (Å²) in [5.74, 6) is -1.07. The lowest BCUT2D eigenvalue weighted by molar-refractivity contribution is -0.393. The molecule has 0 aromatic heterocycles. The third-order valence-electron chi connectivity index (χ3n) is 4.38. The molecule has 234 valence electrons. The molecule has 0 saturated carbocycles. The van der Waals surface area contributed by atoms with E-state index in [9.17, 15) is 38.0 Å². The van der Waals surface area contributed by atoms with E-state index in [2.05, 4.69) is 21.2 Å². The van der Waals surface area contributed by atoms with Gasteiger partial charge in [0.25, 0.3) is 27.4 Å². The van der Waals surface area contributed by atoms with Gasteiger partial charge in [-0.1, -0.05) is 15.9 Å². The van der Waals surface area contributed by atoms with Gasteiger partial charge in [-0.2, -0.15) is 8.42 Å². The number of carbonyl (C=O) groups excluding carboxylic acids is 1. The maximum atomic E-state index is 13.3. The molecule has 1 unspecified atom stereocenters. The third kappa shape index (κ3) is 13.5. The number of hydrogen-bond acceptors (Lipinski definition) is 13. The zero-order chi connectivity index (χ0) is 32.7. The molecule has 0 aliphatic rings. The van der Waals surface area contributed by atoms with E-state index in [4.69, 9.17) is 19.1 Å². The van der Waals surface area contributed by atoms with Crippen LogP contribution in [0.2, 0.25) is 0 Å². The zero-order valence-corrected chi connectivity index (χ0v) is 27.0. The van der Waals surface area contributed by atoms with Gasteiger partial charge in [-0.15, -0.1) is 0 Å². The van der Waals surface area contributed by atoms with E-state index < -0.39 is 81.6 Å². The SMILES string of the molecule is [3H]C(CNC(=O)c1cc([N+](=O)[O-])cc([N+](=O)[O-])c1N(CCBr)CCOS(C)(=O)=O)OP(=O)(OC(C)(C)C)OC(C)(C)C. The number of amides is 1. The molecule has 16 nitrogen and oxygen atoms in total. The van der Waals surface area contributed by atoms with Crippen molar-refractivity contribution >= 4 is 56.8 Å². The highest BCUT2D eigenvalue weighted by Gasteiger charge is 2.37. The fraction of sp³-hybridized carbons (Fsp3) is 0.682. The van der Waals surface area contributed by atoms with Gasteiger partial charge in [0.1, 0.15) is 5.69 Å². The van der Waals surface area contributed by atoms with E-state index in [1.54, 1.807) is 41.5 Å².